The Balaban J connectivity index is 2.14. The maximum Gasteiger partial charge on any atom is 0.252 e. The number of hydrogen-bond donors (Lipinski definition) is 2. The molecule has 0 saturated heterocycles. The lowest BCUT2D eigenvalue weighted by Crippen LogP contribution is -2.24. The normalized spacial score (nSPS) is 9.71. The molecule has 1 aromatic heterocycles. The number of nitriles is 1. The fourth-order valence-electron chi connectivity index (χ4n) is 1.81. The lowest BCUT2D eigenvalue weighted by atomic mass is 10.2. The number of pyridine rings is 1. The van der Waals surface area contributed by atoms with E-state index in [1.54, 1.807) is 30.5 Å². The number of nitrogens with one attached hydrogen (secondary N) is 2. The van der Waals surface area contributed by atoms with Gasteiger partial charge in [0.25, 0.3) is 5.91 Å². The number of carbonyl (C=O) groups excluding carboxylic acids is 1. The summed E-state index contributed by atoms with van der Waals surface area (Å²) in [6, 6.07) is 10.9. The molecule has 1 aromatic carbocycles. The summed E-state index contributed by atoms with van der Waals surface area (Å²) in [5.41, 5.74) is 2.56. The molecule has 1 amide bonds. The number of hydrogen-bond acceptors (Lipinski definition) is 4. The minimum atomic E-state index is -0.140. The van der Waals surface area contributed by atoms with Crippen LogP contribution in [-0.4, -0.2) is 17.4 Å². The summed E-state index contributed by atoms with van der Waals surface area (Å²) in [4.78, 5) is 16.0. The smallest absolute Gasteiger partial charge is 0.252 e. The van der Waals surface area contributed by atoms with Crippen LogP contribution in [0.2, 0.25) is 0 Å². The molecule has 0 atom stereocenters. The molecule has 0 fully saturated rings. The summed E-state index contributed by atoms with van der Waals surface area (Å²) < 4.78 is 0. The van der Waals surface area contributed by atoms with E-state index in [0.29, 0.717) is 23.4 Å². The van der Waals surface area contributed by atoms with Gasteiger partial charge in [-0.25, -0.2) is 0 Å². The Kier molecular flexibility index (Phi) is 4.89. The average Bonchev–Trinajstić information content (AvgIpc) is 2.53. The molecule has 0 aliphatic heterocycles. The standard InChI is InChI=1S/C16H16N4O/c1-2-6-19-16(21)13-8-15(11-18-10-13)20-14-5-3-4-12(7-14)9-17/h3-5,7-8,10-11,20H,2,6H2,1H3,(H,19,21). The van der Waals surface area contributed by atoms with Gasteiger partial charge in [0, 0.05) is 18.4 Å². The molecule has 1 heterocycles. The van der Waals surface area contributed by atoms with E-state index in [1.807, 2.05) is 13.0 Å². The Labute approximate surface area is 123 Å². The highest BCUT2D eigenvalue weighted by Crippen LogP contribution is 2.17. The summed E-state index contributed by atoms with van der Waals surface area (Å²) in [5, 5.41) is 14.8. The molecule has 106 valence electrons. The summed E-state index contributed by atoms with van der Waals surface area (Å²) in [7, 11) is 0. The van der Waals surface area contributed by atoms with Crippen LogP contribution in [0.5, 0.6) is 0 Å². The minimum absolute atomic E-state index is 0.140. The van der Waals surface area contributed by atoms with Crippen LogP contribution in [0.3, 0.4) is 0 Å². The van der Waals surface area contributed by atoms with Crippen LogP contribution in [0.25, 0.3) is 0 Å². The second-order valence-electron chi connectivity index (χ2n) is 4.54. The first kappa shape index (κ1) is 14.5. The second kappa shape index (κ2) is 7.06. The number of nitrogens with zero attached hydrogens (tertiary/aromatic N) is 2. The summed E-state index contributed by atoms with van der Waals surface area (Å²) in [6.07, 6.45) is 4.05. The van der Waals surface area contributed by atoms with Crippen LogP contribution in [-0.2, 0) is 0 Å². The number of amides is 1. The number of aromatic nitrogens is 1. The van der Waals surface area contributed by atoms with E-state index in [-0.39, 0.29) is 5.91 Å². The molecule has 0 aliphatic rings. The van der Waals surface area contributed by atoms with E-state index in [4.69, 9.17) is 5.26 Å². The van der Waals surface area contributed by atoms with E-state index in [0.717, 1.165) is 12.1 Å². The molecule has 2 rings (SSSR count). The zero-order chi connectivity index (χ0) is 15.1. The van der Waals surface area contributed by atoms with E-state index >= 15 is 0 Å². The zero-order valence-electron chi connectivity index (χ0n) is 11.8. The van der Waals surface area contributed by atoms with Gasteiger partial charge in [-0.3, -0.25) is 9.78 Å². The predicted octanol–water partition coefficient (Wildman–Crippen LogP) is 2.84. The first-order valence-corrected chi connectivity index (χ1v) is 6.73. The van der Waals surface area contributed by atoms with Crippen LogP contribution in [0.15, 0.2) is 42.7 Å². The molecule has 21 heavy (non-hydrogen) atoms. The molecular formula is C16H16N4O. The Hall–Kier alpha value is -2.87. The molecule has 2 aromatic rings. The van der Waals surface area contributed by atoms with Crippen LogP contribution < -0.4 is 10.6 Å². The van der Waals surface area contributed by atoms with Crippen molar-refractivity contribution < 1.29 is 4.79 Å². The first-order chi connectivity index (χ1) is 10.2. The van der Waals surface area contributed by atoms with Crippen molar-refractivity contribution >= 4 is 17.3 Å². The first-order valence-electron chi connectivity index (χ1n) is 6.73. The van der Waals surface area contributed by atoms with Gasteiger partial charge in [0.15, 0.2) is 0 Å². The van der Waals surface area contributed by atoms with Gasteiger partial charge in [-0.05, 0) is 30.7 Å². The minimum Gasteiger partial charge on any atom is -0.354 e. The molecule has 5 nitrogen and oxygen atoms in total. The SMILES string of the molecule is CCCNC(=O)c1cncc(Nc2cccc(C#N)c2)c1. The van der Waals surface area contributed by atoms with Crippen LogP contribution in [0.1, 0.15) is 29.3 Å². The Morgan fingerprint density at radius 1 is 1.29 bits per heavy atom. The van der Waals surface area contributed by atoms with Crippen LogP contribution >= 0.6 is 0 Å². The highest BCUT2D eigenvalue weighted by molar-refractivity contribution is 5.94. The van der Waals surface area contributed by atoms with E-state index in [9.17, 15) is 4.79 Å². The Morgan fingerprint density at radius 3 is 2.90 bits per heavy atom. The average molecular weight is 280 g/mol. The lowest BCUT2D eigenvalue weighted by Gasteiger charge is -2.08. The summed E-state index contributed by atoms with van der Waals surface area (Å²) >= 11 is 0. The zero-order valence-corrected chi connectivity index (χ0v) is 11.8. The third kappa shape index (κ3) is 4.05. The fourth-order valence-corrected chi connectivity index (χ4v) is 1.81. The number of rotatable bonds is 5. The van der Waals surface area contributed by atoms with E-state index in [2.05, 4.69) is 21.7 Å². The van der Waals surface area contributed by atoms with Crippen molar-refractivity contribution in [1.82, 2.24) is 10.3 Å². The highest BCUT2D eigenvalue weighted by atomic mass is 16.1. The Morgan fingerprint density at radius 2 is 2.14 bits per heavy atom. The quantitative estimate of drug-likeness (QED) is 0.882. The van der Waals surface area contributed by atoms with Crippen molar-refractivity contribution in [3.8, 4) is 6.07 Å². The number of anilines is 2. The van der Waals surface area contributed by atoms with Crippen molar-refractivity contribution in [2.45, 2.75) is 13.3 Å². The number of carbonyl (C=O) groups is 1. The van der Waals surface area contributed by atoms with Crippen molar-refractivity contribution in [2.75, 3.05) is 11.9 Å². The van der Waals surface area contributed by atoms with Gasteiger partial charge in [-0.2, -0.15) is 5.26 Å². The van der Waals surface area contributed by atoms with Crippen molar-refractivity contribution in [2.24, 2.45) is 0 Å². The highest BCUT2D eigenvalue weighted by Gasteiger charge is 2.06. The van der Waals surface area contributed by atoms with Gasteiger partial charge in [0.05, 0.1) is 29.1 Å². The predicted molar refractivity (Wildman–Crippen MR) is 81.3 cm³/mol. The molecule has 0 bridgehead atoms. The monoisotopic (exact) mass is 280 g/mol. The van der Waals surface area contributed by atoms with Gasteiger partial charge in [0.2, 0.25) is 0 Å². The summed E-state index contributed by atoms with van der Waals surface area (Å²) in [5.74, 6) is -0.140. The van der Waals surface area contributed by atoms with Gasteiger partial charge in [-0.15, -0.1) is 0 Å². The van der Waals surface area contributed by atoms with E-state index < -0.39 is 0 Å². The van der Waals surface area contributed by atoms with Crippen LogP contribution in [0.4, 0.5) is 11.4 Å². The second-order valence-corrected chi connectivity index (χ2v) is 4.54. The maximum atomic E-state index is 11.9. The van der Waals surface area contributed by atoms with Crippen LogP contribution in [0, 0.1) is 11.3 Å². The molecule has 0 saturated carbocycles. The Bertz CT molecular complexity index is 676. The van der Waals surface area contributed by atoms with Gasteiger partial charge >= 0.3 is 0 Å². The summed E-state index contributed by atoms with van der Waals surface area (Å²) in [6.45, 7) is 2.64. The van der Waals surface area contributed by atoms with Gasteiger partial charge in [0.1, 0.15) is 0 Å². The largest absolute Gasteiger partial charge is 0.354 e. The fraction of sp³-hybridized carbons (Fsp3) is 0.188. The lowest BCUT2D eigenvalue weighted by molar-refractivity contribution is 0.0953. The molecule has 0 unspecified atom stereocenters. The molecule has 5 heteroatoms. The third-order valence-electron chi connectivity index (χ3n) is 2.82. The third-order valence-corrected chi connectivity index (χ3v) is 2.82. The molecule has 0 aliphatic carbocycles. The molecular weight excluding hydrogens is 264 g/mol. The van der Waals surface area contributed by atoms with E-state index in [1.165, 1.54) is 6.20 Å². The molecule has 0 radical (unpaired) electrons. The topological polar surface area (TPSA) is 77.8 Å². The maximum absolute atomic E-state index is 11.9. The number of benzene rings is 1. The van der Waals surface area contributed by atoms with Gasteiger partial charge in [-0.1, -0.05) is 13.0 Å². The molecule has 2 N–H and O–H groups in total. The van der Waals surface area contributed by atoms with Crippen molar-refractivity contribution in [3.05, 3.63) is 53.9 Å². The molecule has 0 spiro atoms. The van der Waals surface area contributed by atoms with Crippen molar-refractivity contribution in [1.29, 1.82) is 5.26 Å². The van der Waals surface area contributed by atoms with Crippen molar-refractivity contribution in [3.63, 3.8) is 0 Å². The van der Waals surface area contributed by atoms with Gasteiger partial charge < -0.3 is 10.6 Å².